The molecule has 3 rings (SSSR count). The molecule has 1 heterocycles. The number of nitrogens with zero attached hydrogens (tertiary/aromatic N) is 3. The molecule has 10 nitrogen and oxygen atoms in total. The second kappa shape index (κ2) is 9.41. The summed E-state index contributed by atoms with van der Waals surface area (Å²) >= 11 is 6.07. The van der Waals surface area contributed by atoms with E-state index in [-0.39, 0.29) is 42.2 Å². The van der Waals surface area contributed by atoms with Gasteiger partial charge < -0.3 is 5.73 Å². The van der Waals surface area contributed by atoms with Crippen LogP contribution in [0.15, 0.2) is 52.5 Å². The number of amides is 1. The van der Waals surface area contributed by atoms with Crippen LogP contribution >= 0.6 is 11.6 Å². The Bertz CT molecular complexity index is 1130. The van der Waals surface area contributed by atoms with Gasteiger partial charge in [-0.2, -0.15) is 9.41 Å². The second-order valence-electron chi connectivity index (χ2n) is 6.91. The van der Waals surface area contributed by atoms with E-state index >= 15 is 0 Å². The molecular formula is C19H20ClN5O5S. The van der Waals surface area contributed by atoms with E-state index in [1.54, 1.807) is 24.3 Å². The molecule has 0 saturated carbocycles. The molecule has 2 aromatic carbocycles. The van der Waals surface area contributed by atoms with Crippen LogP contribution in [0.25, 0.3) is 0 Å². The van der Waals surface area contributed by atoms with Gasteiger partial charge in [-0.25, -0.2) is 8.42 Å². The number of nitro groups is 1. The van der Waals surface area contributed by atoms with Gasteiger partial charge in [0.1, 0.15) is 4.90 Å². The van der Waals surface area contributed by atoms with Crippen molar-refractivity contribution in [2.45, 2.75) is 17.7 Å². The highest BCUT2D eigenvalue weighted by Gasteiger charge is 2.33. The Morgan fingerprint density at radius 1 is 1.26 bits per heavy atom. The van der Waals surface area contributed by atoms with Crippen LogP contribution in [-0.2, 0) is 14.8 Å². The number of nitro benzene ring substituents is 1. The Labute approximate surface area is 183 Å². The highest BCUT2D eigenvalue weighted by atomic mass is 35.5. The van der Waals surface area contributed by atoms with Gasteiger partial charge in [-0.05, 0) is 25.0 Å². The Morgan fingerprint density at radius 3 is 2.55 bits per heavy atom. The summed E-state index contributed by atoms with van der Waals surface area (Å²) in [5.74, 6) is -0.863. The lowest BCUT2D eigenvalue weighted by Gasteiger charge is -2.30. The number of benzene rings is 2. The van der Waals surface area contributed by atoms with E-state index in [0.29, 0.717) is 10.6 Å². The number of primary amides is 1. The first-order chi connectivity index (χ1) is 14.7. The number of non-ortho nitro benzene ring substituents is 1. The van der Waals surface area contributed by atoms with E-state index in [1.807, 2.05) is 0 Å². The fraction of sp³-hybridized carbons (Fsp3) is 0.263. The highest BCUT2D eigenvalue weighted by Crippen LogP contribution is 2.31. The van der Waals surface area contributed by atoms with Crippen molar-refractivity contribution in [3.05, 3.63) is 63.2 Å². The lowest BCUT2D eigenvalue weighted by atomic mass is 9.98. The average Bonchev–Trinajstić information content (AvgIpc) is 2.75. The van der Waals surface area contributed by atoms with Crippen LogP contribution in [0.3, 0.4) is 0 Å². The van der Waals surface area contributed by atoms with Gasteiger partial charge in [0.2, 0.25) is 15.9 Å². The number of hydrogen-bond donors (Lipinski definition) is 2. The molecule has 1 fully saturated rings. The van der Waals surface area contributed by atoms with Gasteiger partial charge in [-0.3, -0.25) is 20.3 Å². The summed E-state index contributed by atoms with van der Waals surface area (Å²) in [4.78, 5) is 21.6. The number of hydrogen-bond acceptors (Lipinski definition) is 7. The molecule has 1 aliphatic rings. The molecule has 3 N–H and O–H groups in total. The monoisotopic (exact) mass is 465 g/mol. The predicted octanol–water partition coefficient (Wildman–Crippen LogP) is 2.58. The Balaban J connectivity index is 1.90. The molecule has 31 heavy (non-hydrogen) atoms. The predicted molar refractivity (Wildman–Crippen MR) is 116 cm³/mol. The van der Waals surface area contributed by atoms with Crippen molar-refractivity contribution in [1.82, 2.24) is 4.31 Å². The molecule has 12 heteroatoms. The minimum atomic E-state index is -4.09. The third-order valence-electron chi connectivity index (χ3n) is 4.94. The molecule has 0 spiro atoms. The van der Waals surface area contributed by atoms with E-state index in [4.69, 9.17) is 17.3 Å². The van der Waals surface area contributed by atoms with Gasteiger partial charge in [0, 0.05) is 41.7 Å². The number of anilines is 1. The molecule has 0 unspecified atom stereocenters. The maximum atomic E-state index is 13.2. The van der Waals surface area contributed by atoms with Crippen molar-refractivity contribution in [2.75, 3.05) is 18.5 Å². The summed E-state index contributed by atoms with van der Waals surface area (Å²) in [5.41, 5.74) is 8.26. The molecule has 0 radical (unpaired) electrons. The van der Waals surface area contributed by atoms with Gasteiger partial charge in [0.05, 0.1) is 16.8 Å². The summed E-state index contributed by atoms with van der Waals surface area (Å²) < 4.78 is 27.6. The van der Waals surface area contributed by atoms with E-state index in [2.05, 4.69) is 10.5 Å². The first-order valence-electron chi connectivity index (χ1n) is 9.31. The zero-order chi connectivity index (χ0) is 22.6. The van der Waals surface area contributed by atoms with Crippen LogP contribution in [0.2, 0.25) is 5.02 Å². The molecule has 0 atom stereocenters. The van der Waals surface area contributed by atoms with Crippen molar-refractivity contribution in [3.63, 3.8) is 0 Å². The third kappa shape index (κ3) is 5.19. The largest absolute Gasteiger partial charge is 0.369 e. The normalized spacial score (nSPS) is 15.8. The number of hydrazone groups is 1. The molecule has 1 saturated heterocycles. The summed E-state index contributed by atoms with van der Waals surface area (Å²) in [5, 5.41) is 15.7. The Hall–Kier alpha value is -3.02. The van der Waals surface area contributed by atoms with Crippen LogP contribution in [0.1, 0.15) is 18.4 Å². The van der Waals surface area contributed by atoms with Crippen molar-refractivity contribution in [1.29, 1.82) is 0 Å². The minimum Gasteiger partial charge on any atom is -0.369 e. The van der Waals surface area contributed by atoms with Crippen LogP contribution in [0.5, 0.6) is 0 Å². The first kappa shape index (κ1) is 22.7. The summed E-state index contributed by atoms with van der Waals surface area (Å²) in [6, 6.07) is 10.4. The molecule has 0 aromatic heterocycles. The Kier molecular flexibility index (Phi) is 6.88. The number of nitrogens with two attached hydrogens (primary N) is 1. The SMILES string of the molecule is NC(=O)C1CCN(S(=O)(=O)c2cc([N+](=O)[O-])ccc2N/N=C\c2ccccc2Cl)CC1. The van der Waals surface area contributed by atoms with Gasteiger partial charge in [0.15, 0.2) is 0 Å². The molecule has 2 aromatic rings. The lowest BCUT2D eigenvalue weighted by Crippen LogP contribution is -2.41. The number of nitrogens with one attached hydrogen (secondary N) is 1. The smallest absolute Gasteiger partial charge is 0.270 e. The van der Waals surface area contributed by atoms with Crippen molar-refractivity contribution >= 4 is 45.1 Å². The minimum absolute atomic E-state index is 0.0749. The van der Waals surface area contributed by atoms with Gasteiger partial charge >= 0.3 is 0 Å². The van der Waals surface area contributed by atoms with Crippen LogP contribution < -0.4 is 11.2 Å². The lowest BCUT2D eigenvalue weighted by molar-refractivity contribution is -0.385. The van der Waals surface area contributed by atoms with Crippen molar-refractivity contribution in [2.24, 2.45) is 16.8 Å². The van der Waals surface area contributed by atoms with E-state index in [1.165, 1.54) is 22.7 Å². The van der Waals surface area contributed by atoms with E-state index < -0.39 is 26.8 Å². The fourth-order valence-electron chi connectivity index (χ4n) is 3.20. The van der Waals surface area contributed by atoms with Crippen molar-refractivity contribution < 1.29 is 18.1 Å². The maximum Gasteiger partial charge on any atom is 0.270 e. The number of carbonyl (C=O) groups excluding carboxylic acids is 1. The van der Waals surface area contributed by atoms with Gasteiger partial charge in [-0.1, -0.05) is 29.8 Å². The van der Waals surface area contributed by atoms with Crippen LogP contribution in [0.4, 0.5) is 11.4 Å². The maximum absolute atomic E-state index is 13.2. The summed E-state index contributed by atoms with van der Waals surface area (Å²) in [6.07, 6.45) is 1.99. The quantitative estimate of drug-likeness (QED) is 0.364. The van der Waals surface area contributed by atoms with E-state index in [0.717, 1.165) is 6.07 Å². The van der Waals surface area contributed by atoms with Gasteiger partial charge in [0.25, 0.3) is 5.69 Å². The fourth-order valence-corrected chi connectivity index (χ4v) is 5.02. The summed E-state index contributed by atoms with van der Waals surface area (Å²) in [7, 11) is -4.09. The molecular weight excluding hydrogens is 446 g/mol. The standard InChI is InChI=1S/C19H20ClN5O5S/c20-16-4-2-1-3-14(16)12-22-23-17-6-5-15(25(27)28)11-18(17)31(29,30)24-9-7-13(8-10-24)19(21)26/h1-6,11-13,23H,7-10H2,(H2,21,26)/b22-12-. The molecule has 1 aliphatic heterocycles. The zero-order valence-electron chi connectivity index (χ0n) is 16.3. The molecule has 0 aliphatic carbocycles. The molecule has 164 valence electrons. The van der Waals surface area contributed by atoms with Gasteiger partial charge in [-0.15, -0.1) is 0 Å². The first-order valence-corrected chi connectivity index (χ1v) is 11.1. The third-order valence-corrected chi connectivity index (χ3v) is 7.23. The number of halogens is 1. The zero-order valence-corrected chi connectivity index (χ0v) is 17.8. The second-order valence-corrected chi connectivity index (χ2v) is 9.22. The van der Waals surface area contributed by atoms with Crippen LogP contribution in [-0.4, -0.2) is 42.9 Å². The Morgan fingerprint density at radius 2 is 1.94 bits per heavy atom. The van der Waals surface area contributed by atoms with Crippen molar-refractivity contribution in [3.8, 4) is 0 Å². The summed E-state index contributed by atoms with van der Waals surface area (Å²) in [6.45, 7) is 0.169. The topological polar surface area (TPSA) is 148 Å². The average molecular weight is 466 g/mol. The highest BCUT2D eigenvalue weighted by molar-refractivity contribution is 7.89. The molecule has 0 bridgehead atoms. The van der Waals surface area contributed by atoms with Crippen LogP contribution in [0, 0.1) is 16.0 Å². The van der Waals surface area contributed by atoms with E-state index in [9.17, 15) is 23.3 Å². The number of piperidine rings is 1. The number of carbonyl (C=O) groups is 1. The molecule has 1 amide bonds. The number of rotatable bonds is 7. The number of sulfonamides is 1.